The first-order chi connectivity index (χ1) is 11.2. The molecule has 0 unspecified atom stereocenters. The molecule has 0 radical (unpaired) electrons. The Morgan fingerprint density at radius 2 is 1.96 bits per heavy atom. The molecule has 0 spiro atoms. The van der Waals surface area contributed by atoms with Crippen molar-refractivity contribution in [2.24, 2.45) is 0 Å². The fourth-order valence-corrected chi connectivity index (χ4v) is 2.68. The van der Waals surface area contributed by atoms with Crippen LogP contribution in [0.4, 0.5) is 11.5 Å². The number of aryl methyl sites for hydroxylation is 1. The molecule has 1 aromatic carbocycles. The van der Waals surface area contributed by atoms with E-state index in [1.807, 2.05) is 38.1 Å². The zero-order valence-corrected chi connectivity index (χ0v) is 13.5. The van der Waals surface area contributed by atoms with Gasteiger partial charge in [0.05, 0.1) is 18.8 Å². The molecule has 1 amide bonds. The van der Waals surface area contributed by atoms with Crippen molar-refractivity contribution >= 4 is 17.4 Å². The van der Waals surface area contributed by atoms with Crippen LogP contribution in [0, 0.1) is 13.8 Å². The number of rotatable bonds is 3. The van der Waals surface area contributed by atoms with E-state index in [2.05, 4.69) is 15.2 Å². The molecule has 1 saturated heterocycles. The van der Waals surface area contributed by atoms with Gasteiger partial charge in [0.15, 0.2) is 0 Å². The van der Waals surface area contributed by atoms with Crippen molar-refractivity contribution in [3.8, 4) is 0 Å². The molecule has 3 rings (SSSR count). The van der Waals surface area contributed by atoms with Crippen LogP contribution in [-0.4, -0.2) is 37.2 Å². The highest BCUT2D eigenvalue weighted by molar-refractivity contribution is 6.07. The van der Waals surface area contributed by atoms with Crippen molar-refractivity contribution in [3.63, 3.8) is 0 Å². The molecule has 2 aromatic rings. The molecule has 2 heterocycles. The Morgan fingerprint density at radius 3 is 2.74 bits per heavy atom. The van der Waals surface area contributed by atoms with Gasteiger partial charge in [0.2, 0.25) is 0 Å². The Kier molecular flexibility index (Phi) is 4.57. The number of nitrogens with one attached hydrogen (secondary N) is 1. The van der Waals surface area contributed by atoms with Gasteiger partial charge in [0, 0.05) is 25.0 Å². The van der Waals surface area contributed by atoms with E-state index in [4.69, 9.17) is 4.74 Å². The Balaban J connectivity index is 1.86. The topological polar surface area (TPSA) is 54.5 Å². The smallest absolute Gasteiger partial charge is 0.259 e. The minimum absolute atomic E-state index is 0.131. The molecule has 23 heavy (non-hydrogen) atoms. The fourth-order valence-electron chi connectivity index (χ4n) is 2.68. The number of anilines is 2. The normalized spacial score (nSPS) is 14.6. The van der Waals surface area contributed by atoms with Crippen molar-refractivity contribution in [2.75, 3.05) is 36.5 Å². The zero-order chi connectivity index (χ0) is 16.2. The maximum absolute atomic E-state index is 12.7. The molecule has 1 N–H and O–H groups in total. The summed E-state index contributed by atoms with van der Waals surface area (Å²) < 4.78 is 5.38. The van der Waals surface area contributed by atoms with Crippen LogP contribution in [0.15, 0.2) is 36.5 Å². The predicted molar refractivity (Wildman–Crippen MR) is 91.1 cm³/mol. The van der Waals surface area contributed by atoms with Crippen LogP contribution in [0.2, 0.25) is 0 Å². The number of hydrogen-bond acceptors (Lipinski definition) is 4. The Labute approximate surface area is 136 Å². The number of benzene rings is 1. The summed E-state index contributed by atoms with van der Waals surface area (Å²) in [5.74, 6) is 0.590. The van der Waals surface area contributed by atoms with Gasteiger partial charge in [-0.05, 0) is 43.2 Å². The van der Waals surface area contributed by atoms with E-state index in [1.54, 1.807) is 12.3 Å². The van der Waals surface area contributed by atoms with Crippen LogP contribution in [0.1, 0.15) is 21.5 Å². The predicted octanol–water partition coefficient (Wildman–Crippen LogP) is 2.79. The number of hydrogen-bond donors (Lipinski definition) is 1. The van der Waals surface area contributed by atoms with E-state index in [0.29, 0.717) is 18.8 Å². The Bertz CT molecular complexity index is 709. The number of amides is 1. The SMILES string of the molecule is Cc1cccc(NC(=O)c2cccnc2N2CCOCC2)c1C. The number of aromatic nitrogens is 1. The lowest BCUT2D eigenvalue weighted by atomic mass is 10.1. The molecule has 0 atom stereocenters. The van der Waals surface area contributed by atoms with Crippen LogP contribution in [0.25, 0.3) is 0 Å². The van der Waals surface area contributed by atoms with E-state index in [0.717, 1.165) is 35.7 Å². The first-order valence-electron chi connectivity index (χ1n) is 7.82. The van der Waals surface area contributed by atoms with Gasteiger partial charge in [-0.25, -0.2) is 4.98 Å². The lowest BCUT2D eigenvalue weighted by Crippen LogP contribution is -2.38. The summed E-state index contributed by atoms with van der Waals surface area (Å²) in [5.41, 5.74) is 3.67. The minimum Gasteiger partial charge on any atom is -0.378 e. The maximum atomic E-state index is 12.7. The Hall–Kier alpha value is -2.40. The molecule has 5 heteroatoms. The standard InChI is InChI=1S/C18H21N3O2/c1-13-5-3-7-16(14(13)2)20-18(22)15-6-4-8-19-17(15)21-9-11-23-12-10-21/h3-8H,9-12H2,1-2H3,(H,20,22). The molecule has 5 nitrogen and oxygen atoms in total. The number of morpholine rings is 1. The average Bonchev–Trinajstić information content (AvgIpc) is 2.60. The van der Waals surface area contributed by atoms with E-state index in [1.165, 1.54) is 0 Å². The van der Waals surface area contributed by atoms with Crippen molar-refractivity contribution in [3.05, 3.63) is 53.2 Å². The molecular formula is C18H21N3O2. The quantitative estimate of drug-likeness (QED) is 0.947. The molecule has 0 bridgehead atoms. The van der Waals surface area contributed by atoms with Crippen molar-refractivity contribution in [1.29, 1.82) is 0 Å². The van der Waals surface area contributed by atoms with Gasteiger partial charge in [-0.1, -0.05) is 12.1 Å². The van der Waals surface area contributed by atoms with E-state index in [-0.39, 0.29) is 5.91 Å². The highest BCUT2D eigenvalue weighted by Crippen LogP contribution is 2.22. The number of carbonyl (C=O) groups is 1. The highest BCUT2D eigenvalue weighted by atomic mass is 16.5. The summed E-state index contributed by atoms with van der Waals surface area (Å²) in [6.07, 6.45) is 1.72. The lowest BCUT2D eigenvalue weighted by Gasteiger charge is -2.29. The second kappa shape index (κ2) is 6.79. The van der Waals surface area contributed by atoms with Crippen LogP contribution in [0.5, 0.6) is 0 Å². The third-order valence-electron chi connectivity index (χ3n) is 4.19. The number of ether oxygens (including phenoxy) is 1. The third-order valence-corrected chi connectivity index (χ3v) is 4.19. The Morgan fingerprint density at radius 1 is 1.17 bits per heavy atom. The zero-order valence-electron chi connectivity index (χ0n) is 13.5. The van der Waals surface area contributed by atoms with Crippen LogP contribution in [0.3, 0.4) is 0 Å². The van der Waals surface area contributed by atoms with Gasteiger partial charge in [0.1, 0.15) is 5.82 Å². The van der Waals surface area contributed by atoms with E-state index >= 15 is 0 Å². The molecule has 120 valence electrons. The maximum Gasteiger partial charge on any atom is 0.259 e. The average molecular weight is 311 g/mol. The molecule has 1 aromatic heterocycles. The molecule has 1 fully saturated rings. The summed E-state index contributed by atoms with van der Waals surface area (Å²) in [5, 5.41) is 3.01. The highest BCUT2D eigenvalue weighted by Gasteiger charge is 2.20. The van der Waals surface area contributed by atoms with Crippen molar-refractivity contribution < 1.29 is 9.53 Å². The second-order valence-electron chi connectivity index (χ2n) is 5.68. The summed E-state index contributed by atoms with van der Waals surface area (Å²) in [4.78, 5) is 19.2. The van der Waals surface area contributed by atoms with E-state index in [9.17, 15) is 4.79 Å². The first-order valence-corrected chi connectivity index (χ1v) is 7.82. The molecule has 0 aliphatic carbocycles. The van der Waals surface area contributed by atoms with Crippen LogP contribution in [-0.2, 0) is 4.74 Å². The molecule has 1 aliphatic rings. The third kappa shape index (κ3) is 3.35. The number of nitrogens with zero attached hydrogens (tertiary/aromatic N) is 2. The second-order valence-corrected chi connectivity index (χ2v) is 5.68. The van der Waals surface area contributed by atoms with Gasteiger partial charge < -0.3 is 15.0 Å². The van der Waals surface area contributed by atoms with Crippen molar-refractivity contribution in [1.82, 2.24) is 4.98 Å². The largest absolute Gasteiger partial charge is 0.378 e. The minimum atomic E-state index is -0.131. The van der Waals surface area contributed by atoms with Crippen LogP contribution >= 0.6 is 0 Å². The summed E-state index contributed by atoms with van der Waals surface area (Å²) in [6.45, 7) is 6.87. The monoisotopic (exact) mass is 311 g/mol. The number of pyridine rings is 1. The van der Waals surface area contributed by atoms with Gasteiger partial charge in [0.25, 0.3) is 5.91 Å². The van der Waals surface area contributed by atoms with Crippen LogP contribution < -0.4 is 10.2 Å². The fraction of sp³-hybridized carbons (Fsp3) is 0.333. The summed E-state index contributed by atoms with van der Waals surface area (Å²) >= 11 is 0. The number of carbonyl (C=O) groups excluding carboxylic acids is 1. The molecule has 1 aliphatic heterocycles. The first kappa shape index (κ1) is 15.5. The van der Waals surface area contributed by atoms with Gasteiger partial charge in [-0.2, -0.15) is 0 Å². The summed E-state index contributed by atoms with van der Waals surface area (Å²) in [7, 11) is 0. The summed E-state index contributed by atoms with van der Waals surface area (Å²) in [6, 6.07) is 9.52. The van der Waals surface area contributed by atoms with Gasteiger partial charge in [-0.3, -0.25) is 4.79 Å². The molecule has 0 saturated carbocycles. The van der Waals surface area contributed by atoms with Crippen molar-refractivity contribution in [2.45, 2.75) is 13.8 Å². The molecular weight excluding hydrogens is 290 g/mol. The van der Waals surface area contributed by atoms with Gasteiger partial charge in [-0.15, -0.1) is 0 Å². The van der Waals surface area contributed by atoms with Gasteiger partial charge >= 0.3 is 0 Å². The lowest BCUT2D eigenvalue weighted by molar-refractivity contribution is 0.102. The van der Waals surface area contributed by atoms with E-state index < -0.39 is 0 Å².